The lowest BCUT2D eigenvalue weighted by atomic mass is 10.1. The van der Waals surface area contributed by atoms with Crippen molar-refractivity contribution in [3.05, 3.63) is 95.1 Å². The Balaban J connectivity index is 1.38. The van der Waals surface area contributed by atoms with E-state index in [0.29, 0.717) is 0 Å². The van der Waals surface area contributed by atoms with Gasteiger partial charge in [0.2, 0.25) is 0 Å². The molecule has 2 nitrogen and oxygen atoms in total. The van der Waals surface area contributed by atoms with Gasteiger partial charge in [-0.1, -0.05) is 144 Å². The van der Waals surface area contributed by atoms with Gasteiger partial charge in [0.1, 0.15) is 11.5 Å². The average Bonchev–Trinajstić information content (AvgIpc) is 2.98. The van der Waals surface area contributed by atoms with Crippen LogP contribution in [-0.2, 0) is 0 Å². The summed E-state index contributed by atoms with van der Waals surface area (Å²) in [5, 5.41) is 0. The first kappa shape index (κ1) is 30.3. The molecule has 2 heteroatoms. The Labute approximate surface area is 237 Å². The van der Waals surface area contributed by atoms with E-state index < -0.39 is 0 Å². The van der Waals surface area contributed by atoms with Crippen molar-refractivity contribution in [3.63, 3.8) is 0 Å². The van der Waals surface area contributed by atoms with Gasteiger partial charge < -0.3 is 9.47 Å². The Bertz CT molecular complexity index is 1080. The summed E-state index contributed by atoms with van der Waals surface area (Å²) in [7, 11) is 0. The highest BCUT2D eigenvalue weighted by atomic mass is 16.5. The third kappa shape index (κ3) is 12.9. The highest BCUT2D eigenvalue weighted by Gasteiger charge is 1.97. The number of rotatable bonds is 19. The lowest BCUT2D eigenvalue weighted by molar-refractivity contribution is 0.304. The molecule has 0 spiro atoms. The Morgan fingerprint density at radius 2 is 0.667 bits per heavy atom. The van der Waals surface area contributed by atoms with Crippen molar-refractivity contribution in [1.29, 1.82) is 0 Å². The Hall–Kier alpha value is -3.26. The van der Waals surface area contributed by atoms with Crippen LogP contribution in [0.3, 0.4) is 0 Å². The van der Waals surface area contributed by atoms with Crippen molar-refractivity contribution in [2.24, 2.45) is 0 Å². The zero-order valence-corrected chi connectivity index (χ0v) is 24.2. The fourth-order valence-corrected chi connectivity index (χ4v) is 4.42. The quantitative estimate of drug-likeness (QED) is 0.115. The van der Waals surface area contributed by atoms with E-state index >= 15 is 0 Å². The molecule has 0 atom stereocenters. The van der Waals surface area contributed by atoms with E-state index in [1.807, 2.05) is 0 Å². The molecule has 0 aromatic heterocycles. The molecule has 0 radical (unpaired) electrons. The maximum absolute atomic E-state index is 5.90. The molecule has 0 amide bonds. The lowest BCUT2D eigenvalue weighted by Gasteiger charge is -2.06. The summed E-state index contributed by atoms with van der Waals surface area (Å²) < 4.78 is 11.8. The van der Waals surface area contributed by atoms with Gasteiger partial charge in [-0.2, -0.15) is 0 Å². The zero-order valence-electron chi connectivity index (χ0n) is 24.2. The van der Waals surface area contributed by atoms with Gasteiger partial charge in [-0.3, -0.25) is 0 Å². The molecule has 208 valence electrons. The average molecular weight is 525 g/mol. The minimum absolute atomic E-state index is 0.804. The summed E-state index contributed by atoms with van der Waals surface area (Å²) in [6.45, 7) is 6.11. The van der Waals surface area contributed by atoms with Crippen LogP contribution in [0.1, 0.15) is 107 Å². The van der Waals surface area contributed by atoms with Crippen molar-refractivity contribution in [2.75, 3.05) is 13.2 Å². The smallest absolute Gasteiger partial charge is 0.119 e. The van der Waals surface area contributed by atoms with Gasteiger partial charge >= 0.3 is 0 Å². The molecule has 39 heavy (non-hydrogen) atoms. The Kier molecular flexibility index (Phi) is 14.7. The molecule has 0 fully saturated rings. The minimum Gasteiger partial charge on any atom is -0.494 e. The molecule has 0 N–H and O–H groups in total. The second-order valence-corrected chi connectivity index (χ2v) is 10.4. The standard InChI is InChI=1S/C37H48O2/c1-3-5-7-9-11-13-31-39-37-28-24-35(25-29-37)21-19-33-16-14-32(15-17-33)18-20-34-22-26-36(27-23-34)38-30-12-10-8-6-4-2/h14-29H,3-13,30-31H2,1-2H3. The second kappa shape index (κ2) is 18.9. The zero-order chi connectivity index (χ0) is 27.4. The summed E-state index contributed by atoms with van der Waals surface area (Å²) in [6, 6.07) is 25.4. The highest BCUT2D eigenvalue weighted by Crippen LogP contribution is 2.18. The van der Waals surface area contributed by atoms with Crippen molar-refractivity contribution in [1.82, 2.24) is 0 Å². The van der Waals surface area contributed by atoms with E-state index in [-0.39, 0.29) is 0 Å². The normalized spacial score (nSPS) is 11.4. The minimum atomic E-state index is 0.804. The maximum atomic E-state index is 5.90. The topological polar surface area (TPSA) is 18.5 Å². The number of unbranched alkanes of at least 4 members (excludes halogenated alkanes) is 9. The van der Waals surface area contributed by atoms with Gasteiger partial charge in [0.05, 0.1) is 13.2 Å². The van der Waals surface area contributed by atoms with Crippen LogP contribution in [-0.4, -0.2) is 13.2 Å². The van der Waals surface area contributed by atoms with Gasteiger partial charge in [-0.05, 0) is 59.4 Å². The molecule has 3 aromatic carbocycles. The van der Waals surface area contributed by atoms with E-state index in [1.54, 1.807) is 0 Å². The Morgan fingerprint density at radius 1 is 0.385 bits per heavy atom. The molecule has 3 rings (SSSR count). The lowest BCUT2D eigenvalue weighted by Crippen LogP contribution is -1.97. The van der Waals surface area contributed by atoms with E-state index in [9.17, 15) is 0 Å². The fraction of sp³-hybridized carbons (Fsp3) is 0.405. The first-order valence-corrected chi connectivity index (χ1v) is 15.2. The number of hydrogen-bond acceptors (Lipinski definition) is 2. The van der Waals surface area contributed by atoms with E-state index in [0.717, 1.165) is 37.6 Å². The molecule has 0 heterocycles. The van der Waals surface area contributed by atoms with Crippen LogP contribution in [0.2, 0.25) is 0 Å². The molecule has 0 unspecified atom stereocenters. The number of benzene rings is 3. The largest absolute Gasteiger partial charge is 0.494 e. The highest BCUT2D eigenvalue weighted by molar-refractivity contribution is 5.73. The van der Waals surface area contributed by atoms with Gasteiger partial charge in [0, 0.05) is 0 Å². The number of ether oxygens (including phenoxy) is 2. The van der Waals surface area contributed by atoms with E-state index in [1.165, 1.54) is 80.0 Å². The number of hydrogen-bond donors (Lipinski definition) is 0. The van der Waals surface area contributed by atoms with Gasteiger partial charge in [-0.15, -0.1) is 0 Å². The molecule has 0 bridgehead atoms. The van der Waals surface area contributed by atoms with Crippen LogP contribution in [0.4, 0.5) is 0 Å². The third-order valence-electron chi connectivity index (χ3n) is 6.92. The van der Waals surface area contributed by atoms with Crippen LogP contribution in [0.5, 0.6) is 11.5 Å². The van der Waals surface area contributed by atoms with Crippen molar-refractivity contribution < 1.29 is 9.47 Å². The molecule has 0 saturated carbocycles. The van der Waals surface area contributed by atoms with E-state index in [2.05, 4.69) is 111 Å². The molecular formula is C37H48O2. The summed E-state index contributed by atoms with van der Waals surface area (Å²) >= 11 is 0. The van der Waals surface area contributed by atoms with Crippen molar-refractivity contribution in [3.8, 4) is 11.5 Å². The second-order valence-electron chi connectivity index (χ2n) is 10.4. The van der Waals surface area contributed by atoms with Crippen LogP contribution >= 0.6 is 0 Å². The summed E-state index contributed by atoms with van der Waals surface area (Å²) in [4.78, 5) is 0. The monoisotopic (exact) mass is 524 g/mol. The molecule has 0 aliphatic carbocycles. The third-order valence-corrected chi connectivity index (χ3v) is 6.92. The van der Waals surface area contributed by atoms with Crippen LogP contribution in [0, 0.1) is 0 Å². The molecule has 0 aliphatic heterocycles. The summed E-state index contributed by atoms with van der Waals surface area (Å²) in [5.74, 6) is 1.91. The predicted molar refractivity (Wildman–Crippen MR) is 170 cm³/mol. The SMILES string of the molecule is CCCCCCCCOc1ccc(C=Cc2ccc(C=Cc3ccc(OCCCCCCC)cc3)cc2)cc1. The fourth-order valence-electron chi connectivity index (χ4n) is 4.42. The summed E-state index contributed by atoms with van der Waals surface area (Å²) in [5.41, 5.74) is 4.72. The van der Waals surface area contributed by atoms with Gasteiger partial charge in [-0.25, -0.2) is 0 Å². The van der Waals surface area contributed by atoms with Crippen LogP contribution < -0.4 is 9.47 Å². The molecule has 0 saturated heterocycles. The first-order valence-electron chi connectivity index (χ1n) is 15.2. The maximum Gasteiger partial charge on any atom is 0.119 e. The summed E-state index contributed by atoms with van der Waals surface area (Å²) in [6.07, 6.45) is 22.6. The van der Waals surface area contributed by atoms with Crippen molar-refractivity contribution in [2.45, 2.75) is 84.5 Å². The first-order chi connectivity index (χ1) is 19.3. The van der Waals surface area contributed by atoms with Gasteiger partial charge in [0.25, 0.3) is 0 Å². The molecule has 3 aromatic rings. The van der Waals surface area contributed by atoms with E-state index in [4.69, 9.17) is 9.47 Å². The van der Waals surface area contributed by atoms with Crippen LogP contribution in [0.25, 0.3) is 24.3 Å². The van der Waals surface area contributed by atoms with Crippen LogP contribution in [0.15, 0.2) is 72.8 Å². The molecule has 0 aliphatic rings. The predicted octanol–water partition coefficient (Wildman–Crippen LogP) is 11.1. The Morgan fingerprint density at radius 3 is 1.00 bits per heavy atom. The van der Waals surface area contributed by atoms with Gasteiger partial charge in [0.15, 0.2) is 0 Å². The molecular weight excluding hydrogens is 476 g/mol. The van der Waals surface area contributed by atoms with Crippen molar-refractivity contribution >= 4 is 24.3 Å².